The van der Waals surface area contributed by atoms with Crippen LogP contribution >= 0.6 is 0 Å². The molecule has 0 saturated heterocycles. The first kappa shape index (κ1) is 7.06. The lowest BCUT2D eigenvalue weighted by Crippen LogP contribution is -2.10. The fourth-order valence-electron chi connectivity index (χ4n) is 0.884. The first-order chi connectivity index (χ1) is 4.72. The van der Waals surface area contributed by atoms with E-state index in [0.29, 0.717) is 0 Å². The van der Waals surface area contributed by atoms with Crippen molar-refractivity contribution in [3.63, 3.8) is 0 Å². The van der Waals surface area contributed by atoms with Crippen molar-refractivity contribution in [2.75, 3.05) is 19.0 Å². The molecule has 10 heavy (non-hydrogen) atoms. The minimum absolute atomic E-state index is 1.02. The summed E-state index contributed by atoms with van der Waals surface area (Å²) in [7, 11) is 3.97. The zero-order chi connectivity index (χ0) is 7.56. The van der Waals surface area contributed by atoms with Gasteiger partial charge in [-0.2, -0.15) is 0 Å². The first-order valence-corrected chi connectivity index (χ1v) is 3.22. The van der Waals surface area contributed by atoms with Crippen LogP contribution in [0, 0.1) is 13.0 Å². The second-order valence-electron chi connectivity index (χ2n) is 2.42. The van der Waals surface area contributed by atoms with Crippen molar-refractivity contribution in [1.82, 2.24) is 4.98 Å². The van der Waals surface area contributed by atoms with Gasteiger partial charge in [-0.25, -0.2) is 0 Å². The summed E-state index contributed by atoms with van der Waals surface area (Å²) in [5, 5.41) is 0. The normalized spacial score (nSPS) is 9.50. The number of nitrogens with zero attached hydrogens (tertiary/aromatic N) is 2. The molecule has 2 heteroatoms. The largest absolute Gasteiger partial charge is 0.376 e. The van der Waals surface area contributed by atoms with E-state index in [1.807, 2.05) is 32.0 Å². The molecule has 0 aliphatic rings. The van der Waals surface area contributed by atoms with Crippen molar-refractivity contribution < 1.29 is 0 Å². The summed E-state index contributed by atoms with van der Waals surface area (Å²) in [5.74, 6) is 0. The van der Waals surface area contributed by atoms with Crippen LogP contribution in [-0.4, -0.2) is 19.1 Å². The molecule has 1 rings (SSSR count). The smallest absolute Gasteiger partial charge is 0.0657 e. The first-order valence-electron chi connectivity index (χ1n) is 3.22. The molecule has 1 aromatic heterocycles. The summed E-state index contributed by atoms with van der Waals surface area (Å²) in [6, 6.07) is 4.92. The van der Waals surface area contributed by atoms with Crippen molar-refractivity contribution in [3.05, 3.63) is 24.0 Å². The van der Waals surface area contributed by atoms with Gasteiger partial charge in [0.05, 0.1) is 11.4 Å². The molecule has 0 N–H and O–H groups in total. The van der Waals surface area contributed by atoms with Crippen molar-refractivity contribution in [1.29, 1.82) is 0 Å². The van der Waals surface area contributed by atoms with E-state index in [9.17, 15) is 0 Å². The van der Waals surface area contributed by atoms with Crippen molar-refractivity contribution in [2.24, 2.45) is 0 Å². The lowest BCUT2D eigenvalue weighted by molar-refractivity contribution is 1.07. The quantitative estimate of drug-likeness (QED) is 0.576. The second-order valence-corrected chi connectivity index (χ2v) is 2.42. The zero-order valence-electron chi connectivity index (χ0n) is 6.55. The molecule has 2 nitrogen and oxygen atoms in total. The van der Waals surface area contributed by atoms with E-state index >= 15 is 0 Å². The van der Waals surface area contributed by atoms with Gasteiger partial charge in [-0.15, -0.1) is 0 Å². The van der Waals surface area contributed by atoms with E-state index in [2.05, 4.69) is 11.1 Å². The van der Waals surface area contributed by atoms with Crippen LogP contribution in [0.3, 0.4) is 0 Å². The van der Waals surface area contributed by atoms with Crippen LogP contribution in [0.25, 0.3) is 0 Å². The summed E-state index contributed by atoms with van der Waals surface area (Å²) in [6.45, 7) is 1.98. The van der Waals surface area contributed by atoms with E-state index in [1.54, 1.807) is 6.20 Å². The number of hydrogen-bond acceptors (Lipinski definition) is 2. The predicted octanol–water partition coefficient (Wildman–Crippen LogP) is 1.26. The molecule has 53 valence electrons. The molecular formula is C8H11N2. The summed E-state index contributed by atoms with van der Waals surface area (Å²) in [4.78, 5) is 6.13. The minimum Gasteiger partial charge on any atom is -0.376 e. The van der Waals surface area contributed by atoms with Crippen LogP contribution in [0.15, 0.2) is 12.3 Å². The van der Waals surface area contributed by atoms with Gasteiger partial charge in [-0.1, -0.05) is 0 Å². The predicted molar refractivity (Wildman–Crippen MR) is 42.1 cm³/mol. The number of rotatable bonds is 1. The Morgan fingerprint density at radius 3 is 2.60 bits per heavy atom. The van der Waals surface area contributed by atoms with Gasteiger partial charge < -0.3 is 4.90 Å². The van der Waals surface area contributed by atoms with Crippen molar-refractivity contribution >= 4 is 5.69 Å². The number of aryl methyl sites for hydroxylation is 1. The van der Waals surface area contributed by atoms with Gasteiger partial charge in [-0.05, 0) is 13.0 Å². The molecule has 0 aliphatic carbocycles. The average Bonchev–Trinajstić information content (AvgIpc) is 1.88. The lowest BCUT2D eigenvalue weighted by Gasteiger charge is -2.12. The molecule has 0 unspecified atom stereocenters. The summed E-state index contributed by atoms with van der Waals surface area (Å²) in [5.41, 5.74) is 2.08. The molecule has 0 fully saturated rings. The van der Waals surface area contributed by atoms with E-state index in [4.69, 9.17) is 0 Å². The molecule has 0 amide bonds. The number of pyridine rings is 1. The Labute approximate surface area is 61.5 Å². The number of hydrogen-bond donors (Lipinski definition) is 0. The van der Waals surface area contributed by atoms with Crippen LogP contribution in [0.1, 0.15) is 5.69 Å². The average molecular weight is 135 g/mol. The van der Waals surface area contributed by atoms with Crippen molar-refractivity contribution in [3.8, 4) is 0 Å². The monoisotopic (exact) mass is 135 g/mol. The molecule has 0 spiro atoms. The van der Waals surface area contributed by atoms with Crippen LogP contribution in [0.5, 0.6) is 0 Å². The third-order valence-corrected chi connectivity index (χ3v) is 1.35. The topological polar surface area (TPSA) is 16.1 Å². The van der Waals surface area contributed by atoms with E-state index in [-0.39, 0.29) is 0 Å². The number of anilines is 1. The Hall–Kier alpha value is -1.05. The van der Waals surface area contributed by atoms with Gasteiger partial charge in [0.2, 0.25) is 0 Å². The zero-order valence-corrected chi connectivity index (χ0v) is 6.55. The fraction of sp³-hybridized carbons (Fsp3) is 0.375. The van der Waals surface area contributed by atoms with Gasteiger partial charge in [-0.3, -0.25) is 4.98 Å². The highest BCUT2D eigenvalue weighted by atomic mass is 15.1. The molecule has 1 heterocycles. The maximum Gasteiger partial charge on any atom is 0.0657 e. The Morgan fingerprint density at radius 2 is 2.20 bits per heavy atom. The highest BCUT2D eigenvalue weighted by Crippen LogP contribution is 2.11. The summed E-state index contributed by atoms with van der Waals surface area (Å²) >= 11 is 0. The third kappa shape index (κ3) is 1.26. The highest BCUT2D eigenvalue weighted by molar-refractivity contribution is 5.46. The summed E-state index contributed by atoms with van der Waals surface area (Å²) in [6.07, 6.45) is 1.75. The molecule has 1 aromatic rings. The lowest BCUT2D eigenvalue weighted by atomic mass is 10.3. The van der Waals surface area contributed by atoms with Crippen molar-refractivity contribution in [2.45, 2.75) is 6.92 Å². The van der Waals surface area contributed by atoms with E-state index < -0.39 is 0 Å². The van der Waals surface area contributed by atoms with Gasteiger partial charge in [0, 0.05) is 26.4 Å². The maximum atomic E-state index is 4.13. The van der Waals surface area contributed by atoms with Gasteiger partial charge in [0.25, 0.3) is 0 Å². The highest BCUT2D eigenvalue weighted by Gasteiger charge is 1.97. The minimum atomic E-state index is 1.02. The summed E-state index contributed by atoms with van der Waals surface area (Å²) < 4.78 is 0. The number of aromatic nitrogens is 1. The van der Waals surface area contributed by atoms with Crippen LogP contribution < -0.4 is 4.90 Å². The molecule has 0 aromatic carbocycles. The van der Waals surface area contributed by atoms with Crippen LogP contribution in [-0.2, 0) is 0 Å². The fourth-order valence-corrected chi connectivity index (χ4v) is 0.884. The Balaban J connectivity index is 3.03. The van der Waals surface area contributed by atoms with Gasteiger partial charge >= 0.3 is 0 Å². The SMILES string of the molecule is Cc1ncc[c]c1N(C)C. The molecular weight excluding hydrogens is 124 g/mol. The molecule has 0 bridgehead atoms. The Kier molecular flexibility index (Phi) is 1.90. The molecule has 0 aliphatic heterocycles. The molecule has 0 saturated carbocycles. The van der Waals surface area contributed by atoms with E-state index in [0.717, 1.165) is 11.4 Å². The van der Waals surface area contributed by atoms with Crippen LogP contribution in [0.2, 0.25) is 0 Å². The van der Waals surface area contributed by atoms with Gasteiger partial charge in [0.1, 0.15) is 0 Å². The standard InChI is InChI=1S/C8H11N2/c1-7-8(10(2)3)5-4-6-9-7/h4,6H,1-3H3. The Morgan fingerprint density at radius 1 is 1.50 bits per heavy atom. The molecule has 1 radical (unpaired) electrons. The maximum absolute atomic E-state index is 4.13. The van der Waals surface area contributed by atoms with Crippen LogP contribution in [0.4, 0.5) is 5.69 Å². The second kappa shape index (κ2) is 2.69. The molecule has 0 atom stereocenters. The van der Waals surface area contributed by atoms with E-state index in [1.165, 1.54) is 0 Å². The third-order valence-electron chi connectivity index (χ3n) is 1.35. The van der Waals surface area contributed by atoms with Gasteiger partial charge in [0.15, 0.2) is 0 Å². The Bertz CT molecular complexity index is 218.